The lowest BCUT2D eigenvalue weighted by Crippen LogP contribution is -2.36. The van der Waals surface area contributed by atoms with Crippen LogP contribution in [0.1, 0.15) is 6.92 Å². The van der Waals surface area contributed by atoms with Gasteiger partial charge >= 0.3 is 0 Å². The second-order valence-corrected chi connectivity index (χ2v) is 4.86. The predicted molar refractivity (Wildman–Crippen MR) is 61.8 cm³/mol. The normalized spacial score (nSPS) is 15.1. The second-order valence-electron chi connectivity index (χ2n) is 3.24. The van der Waals surface area contributed by atoms with Gasteiger partial charge in [0.2, 0.25) is 11.1 Å². The number of hydrogen-bond acceptors (Lipinski definition) is 7. The molecule has 0 fully saturated rings. The zero-order valence-corrected chi connectivity index (χ0v) is 9.78. The monoisotopic (exact) mass is 234 g/mol. The van der Waals surface area contributed by atoms with Gasteiger partial charge in [0, 0.05) is 23.8 Å². The van der Waals surface area contributed by atoms with Gasteiger partial charge in [0.15, 0.2) is 0 Å². The summed E-state index contributed by atoms with van der Waals surface area (Å²) in [5.74, 6) is 0.941. The average molecular weight is 234 g/mol. The Balaban J connectivity index is 2.40. The van der Waals surface area contributed by atoms with Gasteiger partial charge in [0.1, 0.15) is 0 Å². The number of hydrogen-bond donors (Lipinski definition) is 3. The third-order valence-electron chi connectivity index (χ3n) is 1.52. The number of rotatable bonds is 5. The summed E-state index contributed by atoms with van der Waals surface area (Å²) in [5, 5.41) is 13.5. The van der Waals surface area contributed by atoms with Gasteiger partial charge in [-0.3, -0.25) is 0 Å². The highest BCUT2D eigenvalue weighted by Gasteiger charge is 2.19. The number of aliphatic hydroxyl groups is 1. The van der Waals surface area contributed by atoms with Crippen molar-refractivity contribution in [3.63, 3.8) is 0 Å². The van der Waals surface area contributed by atoms with Crippen LogP contribution >= 0.6 is 23.3 Å². The van der Waals surface area contributed by atoms with E-state index in [-0.39, 0.29) is 5.95 Å². The smallest absolute Gasteiger partial charge is 0.233 e. The first-order valence-electron chi connectivity index (χ1n) is 4.08. The van der Waals surface area contributed by atoms with Crippen LogP contribution in [-0.4, -0.2) is 38.6 Å². The van der Waals surface area contributed by atoms with Crippen LogP contribution in [0.3, 0.4) is 0 Å². The topological polar surface area (TPSA) is 84.1 Å². The fourth-order valence-corrected chi connectivity index (χ4v) is 2.15. The number of aromatic nitrogens is 2. The molecule has 0 saturated carbocycles. The Morgan fingerprint density at radius 2 is 2.43 bits per heavy atom. The fourth-order valence-electron chi connectivity index (χ4n) is 0.935. The van der Waals surface area contributed by atoms with Crippen molar-refractivity contribution >= 4 is 34.4 Å². The van der Waals surface area contributed by atoms with E-state index in [1.54, 1.807) is 18.7 Å². The van der Waals surface area contributed by atoms with Crippen LogP contribution in [-0.2, 0) is 0 Å². The largest absolute Gasteiger partial charge is 0.387 e. The third-order valence-corrected chi connectivity index (χ3v) is 3.11. The second kappa shape index (κ2) is 4.81. The van der Waals surface area contributed by atoms with Crippen molar-refractivity contribution in [1.82, 2.24) is 9.36 Å². The predicted octanol–water partition coefficient (Wildman–Crippen LogP) is 0.646. The van der Waals surface area contributed by atoms with Crippen LogP contribution in [0.25, 0.3) is 0 Å². The maximum atomic E-state index is 9.82. The van der Waals surface area contributed by atoms with Crippen LogP contribution < -0.4 is 11.1 Å². The van der Waals surface area contributed by atoms with E-state index in [0.717, 1.165) is 0 Å². The van der Waals surface area contributed by atoms with Crippen LogP contribution in [0.2, 0.25) is 0 Å². The fraction of sp³-hybridized carbons (Fsp3) is 0.714. The van der Waals surface area contributed by atoms with Crippen molar-refractivity contribution in [2.45, 2.75) is 12.5 Å². The molecule has 0 saturated heterocycles. The highest BCUT2D eigenvalue weighted by atomic mass is 32.2. The molecule has 0 amide bonds. The molecule has 0 aliphatic rings. The van der Waals surface area contributed by atoms with E-state index in [1.165, 1.54) is 11.5 Å². The van der Waals surface area contributed by atoms with Crippen molar-refractivity contribution in [3.05, 3.63) is 0 Å². The van der Waals surface area contributed by atoms with E-state index in [1.807, 2.05) is 6.26 Å². The summed E-state index contributed by atoms with van der Waals surface area (Å²) >= 11 is 2.79. The van der Waals surface area contributed by atoms with E-state index in [0.29, 0.717) is 17.4 Å². The molecule has 1 atom stereocenters. The first-order chi connectivity index (χ1) is 6.53. The molecule has 0 radical (unpaired) electrons. The van der Waals surface area contributed by atoms with E-state index >= 15 is 0 Å². The van der Waals surface area contributed by atoms with Crippen molar-refractivity contribution in [2.75, 3.05) is 29.6 Å². The molecule has 0 spiro atoms. The summed E-state index contributed by atoms with van der Waals surface area (Å²) in [6.07, 6.45) is 1.96. The van der Waals surface area contributed by atoms with E-state index in [9.17, 15) is 5.11 Å². The van der Waals surface area contributed by atoms with Gasteiger partial charge in [-0.15, -0.1) is 0 Å². The minimum Gasteiger partial charge on any atom is -0.387 e. The van der Waals surface area contributed by atoms with Gasteiger partial charge in [-0.05, 0) is 13.2 Å². The molecule has 1 heterocycles. The molecule has 0 aliphatic heterocycles. The average Bonchev–Trinajstić information content (AvgIpc) is 2.48. The molecule has 5 nitrogen and oxygen atoms in total. The maximum Gasteiger partial charge on any atom is 0.233 e. The van der Waals surface area contributed by atoms with Crippen LogP contribution in [0, 0.1) is 0 Å². The lowest BCUT2D eigenvalue weighted by atomic mass is 10.1. The quantitative estimate of drug-likeness (QED) is 0.693. The summed E-state index contributed by atoms with van der Waals surface area (Å²) in [4.78, 5) is 3.93. The van der Waals surface area contributed by atoms with Crippen molar-refractivity contribution in [1.29, 1.82) is 0 Å². The molecule has 4 N–H and O–H groups in total. The summed E-state index contributed by atoms with van der Waals surface area (Å²) in [5.41, 5.74) is 4.62. The van der Waals surface area contributed by atoms with Crippen LogP contribution in [0.5, 0.6) is 0 Å². The van der Waals surface area contributed by atoms with Crippen molar-refractivity contribution in [3.8, 4) is 0 Å². The number of nitrogens with one attached hydrogen (secondary N) is 1. The zero-order chi connectivity index (χ0) is 10.6. The Morgan fingerprint density at radius 1 is 1.71 bits per heavy atom. The molecular weight excluding hydrogens is 220 g/mol. The molecule has 0 bridgehead atoms. The molecule has 0 aromatic carbocycles. The zero-order valence-electron chi connectivity index (χ0n) is 8.15. The third kappa shape index (κ3) is 3.69. The molecule has 1 aromatic rings. The minimum atomic E-state index is -0.736. The molecule has 14 heavy (non-hydrogen) atoms. The molecule has 1 aromatic heterocycles. The van der Waals surface area contributed by atoms with Crippen molar-refractivity contribution in [2.24, 2.45) is 0 Å². The lowest BCUT2D eigenvalue weighted by Gasteiger charge is -2.21. The standard InChI is InChI=1S/C7H14N4OS2/c1-7(12,4-13-2)3-9-6-10-5(8)11-14-6/h12H,3-4H2,1-2H3,(H3,8,9,10,11). The Labute approximate surface area is 91.3 Å². The number of thioether (sulfide) groups is 1. The van der Waals surface area contributed by atoms with Gasteiger partial charge in [-0.1, -0.05) is 0 Å². The first-order valence-corrected chi connectivity index (χ1v) is 6.24. The molecule has 0 aliphatic carbocycles. The van der Waals surface area contributed by atoms with Gasteiger partial charge < -0.3 is 16.2 Å². The summed E-state index contributed by atoms with van der Waals surface area (Å²) in [6.45, 7) is 2.23. The highest BCUT2D eigenvalue weighted by molar-refractivity contribution is 7.98. The molecule has 1 unspecified atom stereocenters. The molecule has 80 valence electrons. The van der Waals surface area contributed by atoms with Crippen LogP contribution in [0.4, 0.5) is 11.1 Å². The van der Waals surface area contributed by atoms with Crippen molar-refractivity contribution < 1.29 is 5.11 Å². The molecular formula is C7H14N4OS2. The molecule has 1 rings (SSSR count). The first kappa shape index (κ1) is 11.5. The van der Waals surface area contributed by atoms with E-state index in [2.05, 4.69) is 14.7 Å². The maximum absolute atomic E-state index is 9.82. The summed E-state index contributed by atoms with van der Waals surface area (Å²) in [6, 6.07) is 0. The molecule has 7 heteroatoms. The van der Waals surface area contributed by atoms with Crippen LogP contribution in [0.15, 0.2) is 0 Å². The van der Waals surface area contributed by atoms with E-state index in [4.69, 9.17) is 5.73 Å². The lowest BCUT2D eigenvalue weighted by molar-refractivity contribution is 0.0997. The Kier molecular flexibility index (Phi) is 3.97. The number of anilines is 2. The number of nitrogens with zero attached hydrogens (tertiary/aromatic N) is 2. The Bertz CT molecular complexity index is 289. The Hall–Kier alpha value is -0.530. The summed E-state index contributed by atoms with van der Waals surface area (Å²) < 4.78 is 3.82. The van der Waals surface area contributed by atoms with E-state index < -0.39 is 5.60 Å². The number of nitrogens with two attached hydrogens (primary N) is 1. The van der Waals surface area contributed by atoms with Gasteiger partial charge in [-0.2, -0.15) is 21.1 Å². The minimum absolute atomic E-state index is 0.266. The van der Waals surface area contributed by atoms with Gasteiger partial charge in [0.25, 0.3) is 0 Å². The van der Waals surface area contributed by atoms with Gasteiger partial charge in [0.05, 0.1) is 5.60 Å². The summed E-state index contributed by atoms with van der Waals surface area (Å²) in [7, 11) is 0. The SMILES string of the molecule is CSCC(C)(O)CNc1nc(N)ns1. The highest BCUT2D eigenvalue weighted by Crippen LogP contribution is 2.15. The Morgan fingerprint density at radius 3 is 2.93 bits per heavy atom. The number of nitrogen functional groups attached to an aromatic ring is 1. The van der Waals surface area contributed by atoms with Gasteiger partial charge in [-0.25, -0.2) is 0 Å².